The van der Waals surface area contributed by atoms with E-state index in [-0.39, 0.29) is 29.1 Å². The average molecular weight is 445 g/mol. The summed E-state index contributed by atoms with van der Waals surface area (Å²) in [4.78, 5) is 13.1. The van der Waals surface area contributed by atoms with Gasteiger partial charge < -0.3 is 14.8 Å². The molecule has 166 valence electrons. The molecule has 0 radical (unpaired) electrons. The number of rotatable bonds is 8. The van der Waals surface area contributed by atoms with Crippen molar-refractivity contribution < 1.29 is 22.7 Å². The Labute approximate surface area is 183 Å². The van der Waals surface area contributed by atoms with Crippen molar-refractivity contribution in [2.24, 2.45) is 11.8 Å². The molecule has 2 bridgehead atoms. The smallest absolute Gasteiger partial charge is 0.264 e. The summed E-state index contributed by atoms with van der Waals surface area (Å²) in [5, 5.41) is 3.08. The number of anilines is 1. The number of carbonyl (C=O) groups is 1. The predicted octanol–water partition coefficient (Wildman–Crippen LogP) is 3.20. The molecule has 0 saturated heterocycles. The van der Waals surface area contributed by atoms with Crippen molar-refractivity contribution in [3.8, 4) is 11.5 Å². The van der Waals surface area contributed by atoms with Crippen molar-refractivity contribution >= 4 is 21.6 Å². The highest BCUT2D eigenvalue weighted by molar-refractivity contribution is 7.92. The van der Waals surface area contributed by atoms with E-state index in [1.807, 2.05) is 0 Å². The molecule has 2 aliphatic carbocycles. The summed E-state index contributed by atoms with van der Waals surface area (Å²) in [5.41, 5.74) is 0.287. The lowest BCUT2D eigenvalue weighted by Gasteiger charge is -2.28. The molecule has 2 fully saturated rings. The molecule has 8 heteroatoms. The number of fused-ring (bicyclic) bond motifs is 2. The van der Waals surface area contributed by atoms with Crippen molar-refractivity contribution in [3.63, 3.8) is 0 Å². The lowest BCUT2D eigenvalue weighted by atomic mass is 9.95. The van der Waals surface area contributed by atoms with Gasteiger partial charge in [0.25, 0.3) is 10.0 Å². The summed E-state index contributed by atoms with van der Waals surface area (Å²) < 4.78 is 38.8. The molecule has 2 aromatic rings. The summed E-state index contributed by atoms with van der Waals surface area (Å²) in [5.74, 6) is 1.72. The first kappa shape index (κ1) is 21.5. The van der Waals surface area contributed by atoms with E-state index < -0.39 is 10.0 Å². The molecule has 7 nitrogen and oxygen atoms in total. The minimum Gasteiger partial charge on any atom is -0.497 e. The Kier molecular flexibility index (Phi) is 6.09. The molecule has 31 heavy (non-hydrogen) atoms. The molecule has 0 spiro atoms. The maximum Gasteiger partial charge on any atom is 0.264 e. The first-order valence-electron chi connectivity index (χ1n) is 10.5. The fourth-order valence-corrected chi connectivity index (χ4v) is 6.27. The largest absolute Gasteiger partial charge is 0.497 e. The molecule has 0 heterocycles. The maximum absolute atomic E-state index is 13.5. The third kappa shape index (κ3) is 4.35. The normalized spacial score (nSPS) is 22.2. The van der Waals surface area contributed by atoms with Crippen molar-refractivity contribution in [1.29, 1.82) is 0 Å². The monoisotopic (exact) mass is 444 g/mol. The van der Waals surface area contributed by atoms with Gasteiger partial charge in [-0.05, 0) is 55.4 Å². The summed E-state index contributed by atoms with van der Waals surface area (Å²) in [6.07, 6.45) is 4.50. The predicted molar refractivity (Wildman–Crippen MR) is 118 cm³/mol. The SMILES string of the molecule is COc1ccc(N(CC(=O)N[C@@H]2C[C@H]3CC[C@H]2C3)S(=O)(=O)c2ccccc2)c(OC)c1. The van der Waals surface area contributed by atoms with Gasteiger partial charge in [0.05, 0.1) is 24.8 Å². The highest BCUT2D eigenvalue weighted by Crippen LogP contribution is 2.44. The van der Waals surface area contributed by atoms with Crippen LogP contribution in [0, 0.1) is 11.8 Å². The molecule has 2 aromatic carbocycles. The Morgan fingerprint density at radius 3 is 2.45 bits per heavy atom. The van der Waals surface area contributed by atoms with Crippen molar-refractivity contribution in [1.82, 2.24) is 5.32 Å². The Hall–Kier alpha value is -2.74. The van der Waals surface area contributed by atoms with E-state index in [1.165, 1.54) is 32.8 Å². The highest BCUT2D eigenvalue weighted by atomic mass is 32.2. The number of hydrogen-bond acceptors (Lipinski definition) is 5. The molecule has 2 saturated carbocycles. The first-order chi connectivity index (χ1) is 14.9. The second kappa shape index (κ2) is 8.78. The topological polar surface area (TPSA) is 84.9 Å². The van der Waals surface area contributed by atoms with Crippen molar-refractivity contribution in [2.45, 2.75) is 36.6 Å². The van der Waals surface area contributed by atoms with Gasteiger partial charge >= 0.3 is 0 Å². The number of sulfonamides is 1. The van der Waals surface area contributed by atoms with E-state index in [0.717, 1.165) is 23.6 Å². The van der Waals surface area contributed by atoms with Gasteiger partial charge in [0.2, 0.25) is 5.91 Å². The number of nitrogens with one attached hydrogen (secondary N) is 1. The molecule has 2 aliphatic rings. The van der Waals surface area contributed by atoms with Crippen LogP contribution in [0.2, 0.25) is 0 Å². The minimum absolute atomic E-state index is 0.112. The fourth-order valence-electron chi connectivity index (χ4n) is 4.81. The summed E-state index contributed by atoms with van der Waals surface area (Å²) in [6.45, 7) is -0.326. The zero-order chi connectivity index (χ0) is 22.0. The Balaban J connectivity index is 1.65. The van der Waals surface area contributed by atoms with Gasteiger partial charge in [0.15, 0.2) is 0 Å². The number of ether oxygens (including phenoxy) is 2. The third-order valence-electron chi connectivity index (χ3n) is 6.36. The second-order valence-electron chi connectivity index (χ2n) is 8.21. The number of methoxy groups -OCH3 is 2. The molecule has 0 aromatic heterocycles. The maximum atomic E-state index is 13.5. The standard InChI is InChI=1S/C23H28N2O5S/c1-29-18-10-11-21(22(14-18)30-2)25(31(27,28)19-6-4-3-5-7-19)15-23(26)24-20-13-16-8-9-17(20)12-16/h3-7,10-11,14,16-17,20H,8-9,12-13,15H2,1-2H3,(H,24,26)/t16-,17-,20+/m0/s1. The van der Waals surface area contributed by atoms with Crippen LogP contribution in [0.3, 0.4) is 0 Å². The molecule has 1 amide bonds. The number of benzene rings is 2. The minimum atomic E-state index is -3.99. The summed E-state index contributed by atoms with van der Waals surface area (Å²) >= 11 is 0. The molecule has 0 aliphatic heterocycles. The van der Waals surface area contributed by atoms with Crippen LogP contribution in [0.4, 0.5) is 5.69 Å². The fraction of sp³-hybridized carbons (Fsp3) is 0.435. The molecule has 1 N–H and O–H groups in total. The zero-order valence-corrected chi connectivity index (χ0v) is 18.6. The first-order valence-corrected chi connectivity index (χ1v) is 12.0. The van der Waals surface area contributed by atoms with Gasteiger partial charge in [-0.15, -0.1) is 0 Å². The van der Waals surface area contributed by atoms with Crippen LogP contribution >= 0.6 is 0 Å². The van der Waals surface area contributed by atoms with Crippen LogP contribution < -0.4 is 19.1 Å². The molecule has 0 unspecified atom stereocenters. The van der Waals surface area contributed by atoms with Crippen molar-refractivity contribution in [2.75, 3.05) is 25.1 Å². The van der Waals surface area contributed by atoms with E-state index in [2.05, 4.69) is 5.32 Å². The number of carbonyl (C=O) groups excluding carboxylic acids is 1. The third-order valence-corrected chi connectivity index (χ3v) is 8.13. The molecule has 3 atom stereocenters. The van der Waals surface area contributed by atoms with Gasteiger partial charge in [-0.2, -0.15) is 0 Å². The lowest BCUT2D eigenvalue weighted by Crippen LogP contribution is -2.46. The average Bonchev–Trinajstić information content (AvgIpc) is 3.41. The Bertz CT molecular complexity index is 1040. The number of hydrogen-bond donors (Lipinski definition) is 1. The van der Waals surface area contributed by atoms with E-state index in [4.69, 9.17) is 9.47 Å². The van der Waals surface area contributed by atoms with Gasteiger partial charge in [0.1, 0.15) is 18.0 Å². The summed E-state index contributed by atoms with van der Waals surface area (Å²) in [6, 6.07) is 13.1. The van der Waals surface area contributed by atoms with Gasteiger partial charge in [-0.1, -0.05) is 24.6 Å². The van der Waals surface area contributed by atoms with E-state index in [1.54, 1.807) is 36.4 Å². The van der Waals surface area contributed by atoms with Crippen LogP contribution in [0.5, 0.6) is 11.5 Å². The van der Waals surface area contributed by atoms with Crippen molar-refractivity contribution in [3.05, 3.63) is 48.5 Å². The van der Waals surface area contributed by atoms with E-state index >= 15 is 0 Å². The van der Waals surface area contributed by atoms with Gasteiger partial charge in [-0.3, -0.25) is 9.10 Å². The molecular formula is C23H28N2O5S. The number of amides is 1. The highest BCUT2D eigenvalue weighted by Gasteiger charge is 2.40. The Morgan fingerprint density at radius 2 is 1.84 bits per heavy atom. The van der Waals surface area contributed by atoms with Crippen LogP contribution in [0.15, 0.2) is 53.4 Å². The van der Waals surface area contributed by atoms with Crippen LogP contribution in [-0.2, 0) is 14.8 Å². The van der Waals surface area contributed by atoms with Gasteiger partial charge in [0, 0.05) is 12.1 Å². The van der Waals surface area contributed by atoms with E-state index in [0.29, 0.717) is 23.3 Å². The second-order valence-corrected chi connectivity index (χ2v) is 10.1. The zero-order valence-electron chi connectivity index (χ0n) is 17.8. The number of nitrogens with zero attached hydrogens (tertiary/aromatic N) is 1. The molecule has 4 rings (SSSR count). The van der Waals surface area contributed by atoms with Crippen LogP contribution in [0.25, 0.3) is 0 Å². The molecular weight excluding hydrogens is 416 g/mol. The van der Waals surface area contributed by atoms with Crippen LogP contribution in [0.1, 0.15) is 25.7 Å². The summed E-state index contributed by atoms with van der Waals surface area (Å²) in [7, 11) is -1.01. The Morgan fingerprint density at radius 1 is 1.06 bits per heavy atom. The quantitative estimate of drug-likeness (QED) is 0.676. The lowest BCUT2D eigenvalue weighted by molar-refractivity contribution is -0.120. The van der Waals surface area contributed by atoms with Crippen LogP contribution in [-0.4, -0.2) is 41.1 Å². The van der Waals surface area contributed by atoms with E-state index in [9.17, 15) is 13.2 Å². The van der Waals surface area contributed by atoms with Gasteiger partial charge in [-0.25, -0.2) is 8.42 Å².